The van der Waals surface area contributed by atoms with E-state index in [1.807, 2.05) is 24.3 Å². The largest absolute Gasteiger partial charge is 0.381 e. The van der Waals surface area contributed by atoms with Gasteiger partial charge in [-0.2, -0.15) is 0 Å². The lowest BCUT2D eigenvalue weighted by Crippen LogP contribution is -2.35. The summed E-state index contributed by atoms with van der Waals surface area (Å²) in [6.07, 6.45) is 3.08. The van der Waals surface area contributed by atoms with E-state index in [2.05, 4.69) is 17.6 Å². The molecule has 0 aliphatic carbocycles. The van der Waals surface area contributed by atoms with Gasteiger partial charge in [0.15, 0.2) is 0 Å². The molecule has 1 fully saturated rings. The number of benzene rings is 1. The van der Waals surface area contributed by atoms with Gasteiger partial charge in [-0.15, -0.1) is 0 Å². The molecular formula is C15H22N2O2. The highest BCUT2D eigenvalue weighted by atomic mass is 16.5. The van der Waals surface area contributed by atoms with E-state index in [1.54, 1.807) is 0 Å². The van der Waals surface area contributed by atoms with Crippen LogP contribution in [0.4, 0.5) is 10.5 Å². The smallest absolute Gasteiger partial charge is 0.319 e. The van der Waals surface area contributed by atoms with Crippen LogP contribution in [0.1, 0.15) is 25.3 Å². The molecule has 1 heterocycles. The molecule has 0 radical (unpaired) electrons. The first-order valence-electron chi connectivity index (χ1n) is 6.99. The molecule has 2 rings (SSSR count). The van der Waals surface area contributed by atoms with Crippen LogP contribution in [0.15, 0.2) is 24.3 Å². The molecule has 4 nitrogen and oxygen atoms in total. The Balaban J connectivity index is 1.73. The highest BCUT2D eigenvalue weighted by Gasteiger charge is 2.14. The topological polar surface area (TPSA) is 50.4 Å². The Morgan fingerprint density at radius 1 is 1.26 bits per heavy atom. The third-order valence-electron chi connectivity index (χ3n) is 3.51. The minimum atomic E-state index is -0.129. The molecule has 0 bridgehead atoms. The van der Waals surface area contributed by atoms with E-state index in [4.69, 9.17) is 4.74 Å². The molecule has 2 amide bonds. The summed E-state index contributed by atoms with van der Waals surface area (Å²) in [7, 11) is 0. The van der Waals surface area contributed by atoms with Crippen molar-refractivity contribution in [3.8, 4) is 0 Å². The number of urea groups is 1. The number of carbonyl (C=O) groups is 1. The third-order valence-corrected chi connectivity index (χ3v) is 3.51. The Morgan fingerprint density at radius 3 is 2.58 bits per heavy atom. The van der Waals surface area contributed by atoms with E-state index in [0.717, 1.165) is 44.7 Å². The van der Waals surface area contributed by atoms with Crippen LogP contribution >= 0.6 is 0 Å². The molecule has 104 valence electrons. The second-order valence-corrected chi connectivity index (χ2v) is 4.94. The van der Waals surface area contributed by atoms with Crippen LogP contribution in [0, 0.1) is 5.92 Å². The zero-order chi connectivity index (χ0) is 13.5. The highest BCUT2D eigenvalue weighted by molar-refractivity contribution is 5.89. The zero-order valence-corrected chi connectivity index (χ0v) is 11.4. The van der Waals surface area contributed by atoms with Gasteiger partial charge in [-0.05, 0) is 42.9 Å². The maximum Gasteiger partial charge on any atom is 0.319 e. The van der Waals surface area contributed by atoms with E-state index < -0.39 is 0 Å². The minimum Gasteiger partial charge on any atom is -0.381 e. The fraction of sp³-hybridized carbons (Fsp3) is 0.533. The lowest BCUT2D eigenvalue weighted by Gasteiger charge is -2.22. The minimum absolute atomic E-state index is 0.129. The highest BCUT2D eigenvalue weighted by Crippen LogP contribution is 2.13. The van der Waals surface area contributed by atoms with E-state index in [1.165, 1.54) is 5.56 Å². The number of rotatable bonds is 4. The van der Waals surface area contributed by atoms with Crippen molar-refractivity contribution in [2.45, 2.75) is 26.2 Å². The first-order valence-corrected chi connectivity index (χ1v) is 6.99. The molecule has 1 aromatic rings. The van der Waals surface area contributed by atoms with Crippen LogP contribution in [-0.2, 0) is 11.2 Å². The average Bonchev–Trinajstić information content (AvgIpc) is 2.47. The van der Waals surface area contributed by atoms with Gasteiger partial charge in [0.25, 0.3) is 0 Å². The van der Waals surface area contributed by atoms with Crippen LogP contribution < -0.4 is 10.6 Å². The van der Waals surface area contributed by atoms with E-state index in [9.17, 15) is 4.79 Å². The first kappa shape index (κ1) is 13.9. The molecule has 4 heteroatoms. The van der Waals surface area contributed by atoms with Gasteiger partial charge >= 0.3 is 6.03 Å². The van der Waals surface area contributed by atoms with Crippen LogP contribution in [0.2, 0.25) is 0 Å². The first-order chi connectivity index (χ1) is 9.28. The van der Waals surface area contributed by atoms with E-state index in [-0.39, 0.29) is 6.03 Å². The maximum absolute atomic E-state index is 11.8. The molecule has 1 aliphatic rings. The molecular weight excluding hydrogens is 240 g/mol. The fourth-order valence-electron chi connectivity index (χ4n) is 2.19. The number of amides is 2. The Labute approximate surface area is 114 Å². The molecule has 1 aliphatic heterocycles. The van der Waals surface area contributed by atoms with Crippen LogP contribution in [0.3, 0.4) is 0 Å². The number of ether oxygens (including phenoxy) is 1. The number of nitrogens with one attached hydrogen (secondary N) is 2. The summed E-state index contributed by atoms with van der Waals surface area (Å²) in [6.45, 7) is 4.46. The number of carbonyl (C=O) groups excluding carboxylic acids is 1. The predicted molar refractivity (Wildman–Crippen MR) is 76.4 cm³/mol. The zero-order valence-electron chi connectivity index (χ0n) is 11.4. The summed E-state index contributed by atoms with van der Waals surface area (Å²) in [5, 5.41) is 5.78. The van der Waals surface area contributed by atoms with Crippen molar-refractivity contribution in [1.29, 1.82) is 0 Å². The summed E-state index contributed by atoms with van der Waals surface area (Å²) in [5.74, 6) is 0.543. The molecule has 1 aromatic carbocycles. The van der Waals surface area contributed by atoms with Crippen molar-refractivity contribution in [1.82, 2.24) is 5.32 Å². The second kappa shape index (κ2) is 7.14. The average molecular weight is 262 g/mol. The standard InChI is InChI=1S/C15H22N2O2/c1-2-12-3-5-14(6-4-12)17-15(18)16-11-13-7-9-19-10-8-13/h3-6,13H,2,7-11H2,1H3,(H2,16,17,18). The van der Waals surface area contributed by atoms with Crippen molar-refractivity contribution in [2.24, 2.45) is 5.92 Å². The van der Waals surface area contributed by atoms with Crippen molar-refractivity contribution < 1.29 is 9.53 Å². The van der Waals surface area contributed by atoms with E-state index >= 15 is 0 Å². The molecule has 0 spiro atoms. The SMILES string of the molecule is CCc1ccc(NC(=O)NCC2CCOCC2)cc1. The molecule has 1 saturated heterocycles. The molecule has 19 heavy (non-hydrogen) atoms. The van der Waals surface area contributed by atoms with Crippen molar-refractivity contribution in [2.75, 3.05) is 25.1 Å². The van der Waals surface area contributed by atoms with Gasteiger partial charge < -0.3 is 15.4 Å². The molecule has 0 saturated carbocycles. The second-order valence-electron chi connectivity index (χ2n) is 4.94. The lowest BCUT2D eigenvalue weighted by atomic mass is 10.0. The van der Waals surface area contributed by atoms with Gasteiger partial charge in [-0.1, -0.05) is 19.1 Å². The third kappa shape index (κ3) is 4.56. The Bertz CT molecular complexity index is 397. The van der Waals surface area contributed by atoms with Crippen molar-refractivity contribution in [3.05, 3.63) is 29.8 Å². The van der Waals surface area contributed by atoms with Gasteiger partial charge in [0.1, 0.15) is 0 Å². The normalized spacial score (nSPS) is 16.1. The number of hydrogen-bond donors (Lipinski definition) is 2. The predicted octanol–water partition coefficient (Wildman–Crippen LogP) is 2.80. The van der Waals surface area contributed by atoms with Gasteiger partial charge in [-0.3, -0.25) is 0 Å². The Hall–Kier alpha value is -1.55. The maximum atomic E-state index is 11.8. The quantitative estimate of drug-likeness (QED) is 0.876. The summed E-state index contributed by atoms with van der Waals surface area (Å²) in [6, 6.07) is 7.82. The van der Waals surface area contributed by atoms with Gasteiger partial charge in [0.2, 0.25) is 0 Å². The van der Waals surface area contributed by atoms with Gasteiger partial charge in [-0.25, -0.2) is 4.79 Å². The number of aryl methyl sites for hydroxylation is 1. The van der Waals surface area contributed by atoms with Gasteiger partial charge in [0, 0.05) is 25.4 Å². The molecule has 0 atom stereocenters. The van der Waals surface area contributed by atoms with Crippen LogP contribution in [-0.4, -0.2) is 25.8 Å². The number of hydrogen-bond acceptors (Lipinski definition) is 2. The molecule has 2 N–H and O–H groups in total. The Kier molecular flexibility index (Phi) is 5.21. The van der Waals surface area contributed by atoms with Crippen molar-refractivity contribution >= 4 is 11.7 Å². The van der Waals surface area contributed by atoms with Crippen molar-refractivity contribution in [3.63, 3.8) is 0 Å². The summed E-state index contributed by atoms with van der Waals surface area (Å²) < 4.78 is 5.30. The molecule has 0 aromatic heterocycles. The Morgan fingerprint density at radius 2 is 1.95 bits per heavy atom. The van der Waals surface area contributed by atoms with Crippen LogP contribution in [0.5, 0.6) is 0 Å². The summed E-state index contributed by atoms with van der Waals surface area (Å²) >= 11 is 0. The van der Waals surface area contributed by atoms with Crippen LogP contribution in [0.25, 0.3) is 0 Å². The van der Waals surface area contributed by atoms with Gasteiger partial charge in [0.05, 0.1) is 0 Å². The number of anilines is 1. The monoisotopic (exact) mass is 262 g/mol. The summed E-state index contributed by atoms with van der Waals surface area (Å²) in [5.41, 5.74) is 2.11. The van der Waals surface area contributed by atoms with E-state index in [0.29, 0.717) is 5.92 Å². The lowest BCUT2D eigenvalue weighted by molar-refractivity contribution is 0.0671. The molecule has 0 unspecified atom stereocenters. The summed E-state index contributed by atoms with van der Waals surface area (Å²) in [4.78, 5) is 11.8. The fourth-order valence-corrected chi connectivity index (χ4v) is 2.19.